The molecule has 1 amide bonds. The Bertz CT molecular complexity index is 1380. The molecule has 2 aromatic carbocycles. The molecule has 2 aromatic heterocycles. The normalized spacial score (nSPS) is 10.9. The Hall–Kier alpha value is -4.47. The quantitative estimate of drug-likeness (QED) is 0.349. The molecule has 4 aromatic rings. The Kier molecular flexibility index (Phi) is 6.63. The number of rotatable bonds is 8. The molecule has 5 N–H and O–H groups in total. The van der Waals surface area contributed by atoms with Crippen molar-refractivity contribution < 1.29 is 18.7 Å². The van der Waals surface area contributed by atoms with Crippen LogP contribution in [0.25, 0.3) is 11.0 Å². The van der Waals surface area contributed by atoms with Gasteiger partial charge in [0.15, 0.2) is 11.3 Å². The van der Waals surface area contributed by atoms with Crippen LogP contribution in [0.4, 0.5) is 17.5 Å². The number of nitrogens with zero attached hydrogens (tertiary/aromatic N) is 3. The second-order valence-electron chi connectivity index (χ2n) is 8.14. The van der Waals surface area contributed by atoms with Gasteiger partial charge in [0.05, 0.1) is 26.3 Å². The zero-order chi connectivity index (χ0) is 25.1. The van der Waals surface area contributed by atoms with Gasteiger partial charge in [0, 0.05) is 43.4 Å². The second kappa shape index (κ2) is 9.80. The van der Waals surface area contributed by atoms with E-state index in [1.807, 2.05) is 30.3 Å². The first-order chi connectivity index (χ1) is 16.8. The molecular weight excluding hydrogens is 448 g/mol. The maximum absolute atomic E-state index is 12.5. The summed E-state index contributed by atoms with van der Waals surface area (Å²) in [7, 11) is 6.57. The van der Waals surface area contributed by atoms with Gasteiger partial charge in [0.2, 0.25) is 11.7 Å². The predicted octanol–water partition coefficient (Wildman–Crippen LogP) is 3.31. The molecule has 0 saturated heterocycles. The van der Waals surface area contributed by atoms with E-state index in [1.165, 1.54) is 4.90 Å². The molecule has 0 aliphatic rings. The van der Waals surface area contributed by atoms with Crippen LogP contribution < -0.4 is 26.3 Å². The fourth-order valence-corrected chi connectivity index (χ4v) is 3.86. The number of furan rings is 1. The van der Waals surface area contributed by atoms with Crippen LogP contribution in [-0.4, -0.2) is 49.1 Å². The van der Waals surface area contributed by atoms with Crippen molar-refractivity contribution in [3.63, 3.8) is 0 Å². The van der Waals surface area contributed by atoms with E-state index in [-0.39, 0.29) is 11.9 Å². The summed E-state index contributed by atoms with van der Waals surface area (Å²) in [6.45, 7) is 0.352. The molecule has 0 atom stereocenters. The minimum Gasteiger partial charge on any atom is -0.493 e. The minimum atomic E-state index is -0.0882. The number of methoxy groups -OCH3 is 2. The van der Waals surface area contributed by atoms with E-state index in [9.17, 15) is 4.79 Å². The molecule has 0 bridgehead atoms. The highest BCUT2D eigenvalue weighted by Gasteiger charge is 2.20. The summed E-state index contributed by atoms with van der Waals surface area (Å²) < 4.78 is 17.3. The van der Waals surface area contributed by atoms with E-state index < -0.39 is 0 Å². The maximum atomic E-state index is 12.5. The summed E-state index contributed by atoms with van der Waals surface area (Å²) in [5.41, 5.74) is 15.2. The van der Waals surface area contributed by atoms with Gasteiger partial charge < -0.3 is 35.6 Å². The average molecular weight is 477 g/mol. The molecule has 0 unspecified atom stereocenters. The molecule has 2 heterocycles. The highest BCUT2D eigenvalue weighted by molar-refractivity contribution is 5.99. The molecule has 0 radical (unpaired) electrons. The zero-order valence-electron chi connectivity index (χ0n) is 20.1. The Morgan fingerprint density at radius 2 is 1.89 bits per heavy atom. The van der Waals surface area contributed by atoms with Crippen LogP contribution in [-0.2, 0) is 13.0 Å². The Morgan fingerprint density at radius 1 is 1.11 bits per heavy atom. The molecule has 0 fully saturated rings. The van der Waals surface area contributed by atoms with Crippen molar-refractivity contribution in [2.45, 2.75) is 13.0 Å². The van der Waals surface area contributed by atoms with Gasteiger partial charge in [-0.2, -0.15) is 4.98 Å². The minimum absolute atomic E-state index is 0.0882. The van der Waals surface area contributed by atoms with E-state index >= 15 is 0 Å². The molecule has 10 nitrogen and oxygen atoms in total. The standard InChI is InChI=1S/C25H28N6O4/c1-31(2)24(32)17-7-5-6-8-19(17)28-13-16-11-18-14(9-15-12-29-25(27)30-23(15)26)10-20(33-3)22(34-4)21(18)35-16/h5-8,10-12,28H,9,13H2,1-4H3,(H4,26,27,29,30). The molecule has 0 spiro atoms. The van der Waals surface area contributed by atoms with Crippen LogP contribution >= 0.6 is 0 Å². The lowest BCUT2D eigenvalue weighted by Crippen LogP contribution is -2.22. The van der Waals surface area contributed by atoms with Gasteiger partial charge in [-0.1, -0.05) is 12.1 Å². The summed E-state index contributed by atoms with van der Waals surface area (Å²) in [6.07, 6.45) is 2.05. The number of benzene rings is 2. The number of ether oxygens (including phenoxy) is 2. The SMILES string of the molecule is COc1cc(Cc2cnc(N)nc2N)c2cc(CNc3ccccc3C(=O)N(C)C)oc2c1OC. The largest absolute Gasteiger partial charge is 0.493 e. The summed E-state index contributed by atoms with van der Waals surface area (Å²) in [6, 6.07) is 11.2. The lowest BCUT2D eigenvalue weighted by molar-refractivity contribution is 0.0828. The van der Waals surface area contributed by atoms with Crippen LogP contribution in [0.5, 0.6) is 11.5 Å². The van der Waals surface area contributed by atoms with Crippen LogP contribution in [0.15, 0.2) is 47.0 Å². The number of para-hydroxylation sites is 1. The van der Waals surface area contributed by atoms with E-state index in [4.69, 9.17) is 25.4 Å². The first-order valence-electron chi connectivity index (χ1n) is 10.9. The zero-order valence-corrected chi connectivity index (χ0v) is 20.1. The van der Waals surface area contributed by atoms with E-state index in [2.05, 4.69) is 15.3 Å². The monoisotopic (exact) mass is 476 g/mol. The molecule has 0 aliphatic carbocycles. The highest BCUT2D eigenvalue weighted by atomic mass is 16.5. The van der Waals surface area contributed by atoms with Crippen molar-refractivity contribution in [1.29, 1.82) is 0 Å². The molecule has 35 heavy (non-hydrogen) atoms. The predicted molar refractivity (Wildman–Crippen MR) is 135 cm³/mol. The van der Waals surface area contributed by atoms with Crippen molar-refractivity contribution in [2.24, 2.45) is 0 Å². The van der Waals surface area contributed by atoms with Crippen LogP contribution in [0, 0.1) is 0 Å². The highest BCUT2D eigenvalue weighted by Crippen LogP contribution is 2.40. The average Bonchev–Trinajstić information content (AvgIpc) is 3.28. The van der Waals surface area contributed by atoms with Crippen molar-refractivity contribution >= 4 is 34.3 Å². The number of hydrogen-bond donors (Lipinski definition) is 3. The molecule has 0 aliphatic heterocycles. The number of amides is 1. The smallest absolute Gasteiger partial charge is 0.255 e. The molecule has 4 rings (SSSR count). The summed E-state index contributed by atoms with van der Waals surface area (Å²) in [5, 5.41) is 4.15. The van der Waals surface area contributed by atoms with E-state index in [0.717, 1.165) is 16.5 Å². The third-order valence-corrected chi connectivity index (χ3v) is 5.60. The number of nitrogens with one attached hydrogen (secondary N) is 1. The fourth-order valence-electron chi connectivity index (χ4n) is 3.86. The fraction of sp³-hybridized carbons (Fsp3) is 0.240. The van der Waals surface area contributed by atoms with E-state index in [1.54, 1.807) is 40.6 Å². The van der Waals surface area contributed by atoms with Gasteiger partial charge in [-0.3, -0.25) is 4.79 Å². The van der Waals surface area contributed by atoms with Gasteiger partial charge in [-0.05, 0) is 29.8 Å². The number of nitrogens with two attached hydrogens (primary N) is 2. The van der Waals surface area contributed by atoms with Gasteiger partial charge in [-0.15, -0.1) is 0 Å². The number of anilines is 3. The van der Waals surface area contributed by atoms with Crippen molar-refractivity contribution in [2.75, 3.05) is 45.1 Å². The van der Waals surface area contributed by atoms with Gasteiger partial charge in [0.1, 0.15) is 11.6 Å². The van der Waals surface area contributed by atoms with Crippen molar-refractivity contribution in [3.8, 4) is 11.5 Å². The first-order valence-corrected chi connectivity index (χ1v) is 10.9. The third kappa shape index (κ3) is 4.77. The van der Waals surface area contributed by atoms with Crippen LogP contribution in [0.1, 0.15) is 27.2 Å². The lowest BCUT2D eigenvalue weighted by atomic mass is 10.0. The molecule has 10 heteroatoms. The van der Waals surface area contributed by atoms with Crippen LogP contribution in [0.2, 0.25) is 0 Å². The number of aromatic nitrogens is 2. The van der Waals surface area contributed by atoms with Gasteiger partial charge >= 0.3 is 0 Å². The Labute approximate surface area is 202 Å². The number of hydrogen-bond acceptors (Lipinski definition) is 9. The summed E-state index contributed by atoms with van der Waals surface area (Å²) in [4.78, 5) is 22.2. The summed E-state index contributed by atoms with van der Waals surface area (Å²) >= 11 is 0. The third-order valence-electron chi connectivity index (χ3n) is 5.60. The second-order valence-corrected chi connectivity index (χ2v) is 8.14. The van der Waals surface area contributed by atoms with Gasteiger partial charge in [0.25, 0.3) is 5.91 Å². The number of nitrogen functional groups attached to an aromatic ring is 2. The van der Waals surface area contributed by atoms with Crippen molar-refractivity contribution in [3.05, 3.63) is 65.0 Å². The molecular formula is C25H28N6O4. The first kappa shape index (κ1) is 23.7. The summed E-state index contributed by atoms with van der Waals surface area (Å²) in [5.74, 6) is 2.01. The number of fused-ring (bicyclic) bond motifs is 1. The topological polar surface area (TPSA) is 142 Å². The number of carbonyl (C=O) groups is 1. The number of carbonyl (C=O) groups excluding carboxylic acids is 1. The van der Waals surface area contributed by atoms with Gasteiger partial charge in [-0.25, -0.2) is 4.98 Å². The molecule has 0 saturated carbocycles. The Balaban J connectivity index is 1.71. The maximum Gasteiger partial charge on any atom is 0.255 e. The van der Waals surface area contributed by atoms with E-state index in [0.29, 0.717) is 52.9 Å². The Morgan fingerprint density at radius 3 is 2.57 bits per heavy atom. The molecule has 182 valence electrons. The lowest BCUT2D eigenvalue weighted by Gasteiger charge is -2.14. The van der Waals surface area contributed by atoms with Crippen LogP contribution in [0.3, 0.4) is 0 Å². The van der Waals surface area contributed by atoms with Crippen molar-refractivity contribution in [1.82, 2.24) is 14.9 Å².